The quantitative estimate of drug-likeness (QED) is 0.355. The number of piperidine rings is 1. The summed E-state index contributed by atoms with van der Waals surface area (Å²) in [6.07, 6.45) is 5.23. The van der Waals surface area contributed by atoms with E-state index in [0.717, 1.165) is 23.1 Å². The van der Waals surface area contributed by atoms with E-state index in [1.54, 1.807) is 22.0 Å². The lowest BCUT2D eigenvalue weighted by Crippen LogP contribution is -2.45. The van der Waals surface area contributed by atoms with Gasteiger partial charge in [-0.25, -0.2) is 9.97 Å². The first-order valence-electron chi connectivity index (χ1n) is 13.9. The summed E-state index contributed by atoms with van der Waals surface area (Å²) >= 11 is 0. The number of likely N-dealkylation sites (tertiary alicyclic amines) is 1. The molecule has 41 heavy (non-hydrogen) atoms. The van der Waals surface area contributed by atoms with Gasteiger partial charge in [-0.1, -0.05) is 13.8 Å². The van der Waals surface area contributed by atoms with Crippen molar-refractivity contribution in [3.63, 3.8) is 0 Å². The van der Waals surface area contributed by atoms with Crippen LogP contribution in [0.1, 0.15) is 68.3 Å². The first kappa shape index (κ1) is 28.5. The third-order valence-corrected chi connectivity index (χ3v) is 8.59. The van der Waals surface area contributed by atoms with E-state index in [4.69, 9.17) is 10.8 Å². The monoisotopic (exact) mass is 560 g/mol. The normalized spacial score (nSPS) is 22.8. The molecule has 11 heteroatoms. The summed E-state index contributed by atoms with van der Waals surface area (Å²) in [5.41, 5.74) is 9.04. The summed E-state index contributed by atoms with van der Waals surface area (Å²) < 4.78 is 1.58. The molecule has 0 bridgehead atoms. The van der Waals surface area contributed by atoms with E-state index in [0.29, 0.717) is 23.1 Å². The lowest BCUT2D eigenvalue weighted by Gasteiger charge is -2.28. The Labute approximate surface area is 238 Å². The molecule has 11 nitrogen and oxygen atoms in total. The van der Waals surface area contributed by atoms with Crippen LogP contribution in [0.15, 0.2) is 24.5 Å². The molecule has 2 fully saturated rings. The van der Waals surface area contributed by atoms with Crippen molar-refractivity contribution in [1.29, 1.82) is 0 Å². The maximum Gasteiger partial charge on any atom is 0.320 e. The third-order valence-electron chi connectivity index (χ3n) is 8.59. The number of carboxylic acid groups (broad SMARTS) is 1. The molecule has 1 saturated heterocycles. The Bertz CT molecular complexity index is 1560. The summed E-state index contributed by atoms with van der Waals surface area (Å²) in [7, 11) is 0. The number of fused-ring (bicyclic) bond motifs is 2. The number of hydrogen-bond donors (Lipinski definition) is 2. The number of amides is 1. The number of hydrogen-bond acceptors (Lipinski definition) is 8. The molecule has 3 heterocycles. The number of aliphatic carboxylic acids is 1. The van der Waals surface area contributed by atoms with Gasteiger partial charge in [0.05, 0.1) is 11.6 Å². The number of carbonyl (C=O) groups excluding carboxylic acids is 3. The number of aryl methyl sites for hydroxylation is 2. The summed E-state index contributed by atoms with van der Waals surface area (Å²) in [5.74, 6) is -1.17. The average molecular weight is 561 g/mol. The number of Topliss-reactive ketones (excluding diaryl/α,β-unsaturated/α-hetero) is 2. The van der Waals surface area contributed by atoms with Crippen molar-refractivity contribution in [3.8, 4) is 11.1 Å². The Kier molecular flexibility index (Phi) is 7.27. The molecule has 5 rings (SSSR count). The van der Waals surface area contributed by atoms with Crippen LogP contribution in [-0.2, 0) is 20.9 Å². The van der Waals surface area contributed by atoms with Crippen LogP contribution >= 0.6 is 0 Å². The zero-order valence-corrected chi connectivity index (χ0v) is 24.0. The summed E-state index contributed by atoms with van der Waals surface area (Å²) in [5, 5.41) is 14.3. The van der Waals surface area contributed by atoms with Crippen LogP contribution in [0.3, 0.4) is 0 Å². The highest BCUT2D eigenvalue weighted by Crippen LogP contribution is 2.59. The molecule has 0 radical (unpaired) electrons. The summed E-state index contributed by atoms with van der Waals surface area (Å²) in [6, 6.07) is 2.22. The van der Waals surface area contributed by atoms with Crippen LogP contribution in [0.2, 0.25) is 0 Å². The Morgan fingerprint density at radius 1 is 1.12 bits per heavy atom. The molecule has 3 N–H and O–H groups in total. The van der Waals surface area contributed by atoms with Crippen molar-refractivity contribution in [2.45, 2.75) is 85.0 Å². The number of carbonyl (C=O) groups is 4. The fourth-order valence-corrected chi connectivity index (χ4v) is 6.33. The second kappa shape index (κ2) is 10.4. The Balaban J connectivity index is 1.42. The largest absolute Gasteiger partial charge is 0.480 e. The topological polar surface area (TPSA) is 161 Å². The van der Waals surface area contributed by atoms with Crippen molar-refractivity contribution in [1.82, 2.24) is 24.6 Å². The highest BCUT2D eigenvalue weighted by molar-refractivity contribution is 6.07. The Morgan fingerprint density at radius 3 is 2.44 bits per heavy atom. The van der Waals surface area contributed by atoms with Gasteiger partial charge in [-0.3, -0.25) is 23.9 Å². The van der Waals surface area contributed by atoms with Crippen molar-refractivity contribution in [2.75, 3.05) is 0 Å². The van der Waals surface area contributed by atoms with Crippen molar-refractivity contribution < 1.29 is 24.3 Å². The smallest absolute Gasteiger partial charge is 0.320 e. The molecule has 2 aliphatic rings. The van der Waals surface area contributed by atoms with E-state index in [9.17, 15) is 19.2 Å². The van der Waals surface area contributed by atoms with E-state index in [1.165, 1.54) is 6.92 Å². The van der Waals surface area contributed by atoms with Crippen LogP contribution in [0.4, 0.5) is 0 Å². The fourth-order valence-electron chi connectivity index (χ4n) is 6.33. The summed E-state index contributed by atoms with van der Waals surface area (Å²) in [4.78, 5) is 61.2. The van der Waals surface area contributed by atoms with E-state index in [-0.39, 0.29) is 59.9 Å². The molecular weight excluding hydrogens is 524 g/mol. The zero-order chi connectivity index (χ0) is 29.8. The molecule has 1 unspecified atom stereocenters. The van der Waals surface area contributed by atoms with Gasteiger partial charge >= 0.3 is 5.97 Å². The second-order valence-corrected chi connectivity index (χ2v) is 12.1. The van der Waals surface area contributed by atoms with Gasteiger partial charge in [-0.2, -0.15) is 5.10 Å². The molecule has 1 aliphatic heterocycles. The van der Waals surface area contributed by atoms with Crippen molar-refractivity contribution >= 4 is 34.3 Å². The van der Waals surface area contributed by atoms with Crippen molar-refractivity contribution in [3.05, 3.63) is 41.6 Å². The first-order chi connectivity index (χ1) is 19.3. The molecule has 0 spiro atoms. The zero-order valence-electron chi connectivity index (χ0n) is 24.0. The van der Waals surface area contributed by atoms with Gasteiger partial charge in [0.25, 0.3) is 0 Å². The van der Waals surface area contributed by atoms with Crippen LogP contribution < -0.4 is 5.73 Å². The highest BCUT2D eigenvalue weighted by atomic mass is 16.4. The van der Waals surface area contributed by atoms with Gasteiger partial charge < -0.3 is 15.7 Å². The molecule has 1 aromatic carbocycles. The molecule has 216 valence electrons. The molecule has 1 aliphatic carbocycles. The average Bonchev–Trinajstić information content (AvgIpc) is 3.25. The SMILES string of the molecule is CC(=O)c1nn(CC(=O)N2[C@H](C(=O)CC(C)C[C@@H](N)C(=O)O)C[C@@]3(C)C[C@@H]23)c2c(C)cc(-c3cnc(C)nc3)cc12. The van der Waals surface area contributed by atoms with Crippen molar-refractivity contribution in [2.24, 2.45) is 17.1 Å². The van der Waals surface area contributed by atoms with Gasteiger partial charge in [-0.05, 0) is 67.7 Å². The van der Waals surface area contributed by atoms with E-state index >= 15 is 0 Å². The molecule has 2 aromatic heterocycles. The van der Waals surface area contributed by atoms with Gasteiger partial charge in [0.1, 0.15) is 24.1 Å². The number of rotatable bonds is 10. The fraction of sp³-hybridized carbons (Fsp3) is 0.500. The number of nitrogens with two attached hydrogens (primary N) is 1. The highest BCUT2D eigenvalue weighted by Gasteiger charge is 2.64. The minimum Gasteiger partial charge on any atom is -0.480 e. The number of carboxylic acids is 1. The van der Waals surface area contributed by atoms with Gasteiger partial charge in [0.15, 0.2) is 11.6 Å². The summed E-state index contributed by atoms with van der Waals surface area (Å²) in [6.45, 7) is 8.97. The Hall–Kier alpha value is -3.99. The van der Waals surface area contributed by atoms with Crippen LogP contribution in [0.25, 0.3) is 22.0 Å². The number of ketones is 2. The van der Waals surface area contributed by atoms with Crippen LogP contribution in [0, 0.1) is 25.2 Å². The number of aromatic nitrogens is 4. The van der Waals surface area contributed by atoms with Crippen LogP contribution in [0.5, 0.6) is 0 Å². The minimum atomic E-state index is -1.10. The van der Waals surface area contributed by atoms with Gasteiger partial charge in [-0.15, -0.1) is 0 Å². The maximum atomic E-state index is 13.8. The minimum absolute atomic E-state index is 0.0242. The van der Waals surface area contributed by atoms with E-state index in [2.05, 4.69) is 22.0 Å². The predicted octanol–water partition coefficient (Wildman–Crippen LogP) is 3.09. The number of benzene rings is 1. The maximum absolute atomic E-state index is 13.8. The first-order valence-corrected chi connectivity index (χ1v) is 13.9. The molecular formula is C30H36N6O5. The van der Waals surface area contributed by atoms with E-state index in [1.807, 2.05) is 32.9 Å². The molecule has 5 atom stereocenters. The molecule has 1 amide bonds. The van der Waals surface area contributed by atoms with Gasteiger partial charge in [0, 0.05) is 42.7 Å². The van der Waals surface area contributed by atoms with E-state index < -0.39 is 18.1 Å². The molecule has 1 saturated carbocycles. The third kappa shape index (κ3) is 5.38. The van der Waals surface area contributed by atoms with Crippen LogP contribution in [-0.4, -0.2) is 71.3 Å². The van der Waals surface area contributed by atoms with Gasteiger partial charge in [0.2, 0.25) is 5.91 Å². The lowest BCUT2D eigenvalue weighted by atomic mass is 9.91. The second-order valence-electron chi connectivity index (χ2n) is 12.1. The lowest BCUT2D eigenvalue weighted by molar-refractivity contribution is -0.140. The predicted molar refractivity (Wildman–Crippen MR) is 151 cm³/mol. The molecule has 3 aromatic rings. The number of nitrogens with zero attached hydrogens (tertiary/aromatic N) is 5. The standard InChI is InChI=1S/C30H36N6O5/c1-15(6-22(31)29(40)41)7-24(38)23-10-30(5)11-25(30)36(23)26(39)14-35-28-16(2)8-19(20-12-32-18(4)33-13-20)9-21(28)27(34-35)17(3)37/h8-9,12-13,15,22-23,25H,6-7,10-11,14,31H2,1-5H3,(H,40,41)/t15?,22-,23+,25-,30+/m1/s1. The Morgan fingerprint density at radius 2 is 1.80 bits per heavy atom.